The number of rotatable bonds is 2. The highest BCUT2D eigenvalue weighted by Crippen LogP contribution is 2.30. The number of hydrogen-bond acceptors (Lipinski definition) is 1. The van der Waals surface area contributed by atoms with Crippen molar-refractivity contribution in [1.29, 1.82) is 0 Å². The number of halogens is 1. The first-order valence-corrected chi connectivity index (χ1v) is 7.78. The molecule has 1 unspecified atom stereocenters. The summed E-state index contributed by atoms with van der Waals surface area (Å²) in [6.07, 6.45) is 4.46. The third-order valence-electron chi connectivity index (χ3n) is 3.68. The molecule has 110 valence electrons. The standard InChI is InChI=1S/C16H23ClN2O/c1-12(2)18-16(20)19-11-5-3-4-6-15(19)13-7-9-14(17)10-8-13/h7-10,12,15H,3-6,11H2,1-2H3,(H,18,20). The van der Waals surface area contributed by atoms with Gasteiger partial charge in [0.25, 0.3) is 0 Å². The first-order chi connectivity index (χ1) is 9.58. The summed E-state index contributed by atoms with van der Waals surface area (Å²) in [6, 6.07) is 8.25. The summed E-state index contributed by atoms with van der Waals surface area (Å²) in [6.45, 7) is 4.81. The second-order valence-corrected chi connectivity index (χ2v) is 6.15. The molecule has 2 rings (SSSR count). The normalized spacial score (nSPS) is 19.8. The lowest BCUT2D eigenvalue weighted by Gasteiger charge is -2.31. The van der Waals surface area contributed by atoms with E-state index in [1.807, 2.05) is 43.0 Å². The SMILES string of the molecule is CC(C)NC(=O)N1CCCCCC1c1ccc(Cl)cc1. The van der Waals surface area contributed by atoms with E-state index in [9.17, 15) is 4.79 Å². The summed E-state index contributed by atoms with van der Waals surface area (Å²) in [5, 5.41) is 3.75. The summed E-state index contributed by atoms with van der Waals surface area (Å²) in [5.41, 5.74) is 1.18. The van der Waals surface area contributed by atoms with Gasteiger partial charge in [-0.2, -0.15) is 0 Å². The van der Waals surface area contributed by atoms with Crippen molar-refractivity contribution in [2.45, 2.75) is 51.6 Å². The number of hydrogen-bond donors (Lipinski definition) is 1. The third kappa shape index (κ3) is 3.89. The summed E-state index contributed by atoms with van der Waals surface area (Å²) in [7, 11) is 0. The lowest BCUT2D eigenvalue weighted by atomic mass is 10.0. The molecule has 1 fully saturated rings. The molecule has 0 bridgehead atoms. The Bertz CT molecular complexity index is 444. The number of amides is 2. The molecule has 1 aromatic carbocycles. The Morgan fingerprint density at radius 1 is 1.25 bits per heavy atom. The van der Waals surface area contributed by atoms with E-state index in [0.29, 0.717) is 0 Å². The van der Waals surface area contributed by atoms with E-state index in [2.05, 4.69) is 5.32 Å². The topological polar surface area (TPSA) is 32.3 Å². The van der Waals surface area contributed by atoms with Crippen LogP contribution in [-0.2, 0) is 0 Å². The Balaban J connectivity index is 2.20. The van der Waals surface area contributed by atoms with Crippen LogP contribution in [0.1, 0.15) is 51.1 Å². The molecule has 0 spiro atoms. The summed E-state index contributed by atoms with van der Waals surface area (Å²) >= 11 is 5.96. The van der Waals surface area contributed by atoms with Crippen LogP contribution < -0.4 is 5.32 Å². The zero-order valence-corrected chi connectivity index (χ0v) is 13.0. The number of carbonyl (C=O) groups is 1. The van der Waals surface area contributed by atoms with Gasteiger partial charge < -0.3 is 10.2 Å². The maximum Gasteiger partial charge on any atom is 0.318 e. The highest BCUT2D eigenvalue weighted by molar-refractivity contribution is 6.30. The fraction of sp³-hybridized carbons (Fsp3) is 0.562. The zero-order chi connectivity index (χ0) is 14.5. The summed E-state index contributed by atoms with van der Waals surface area (Å²) < 4.78 is 0. The van der Waals surface area contributed by atoms with E-state index in [4.69, 9.17) is 11.6 Å². The van der Waals surface area contributed by atoms with Crippen molar-refractivity contribution in [2.75, 3.05) is 6.54 Å². The van der Waals surface area contributed by atoms with Crippen LogP contribution in [0.5, 0.6) is 0 Å². The maximum absolute atomic E-state index is 12.4. The molecule has 0 radical (unpaired) electrons. The molecule has 0 aromatic heterocycles. The van der Waals surface area contributed by atoms with Crippen LogP contribution in [0.2, 0.25) is 5.02 Å². The number of carbonyl (C=O) groups excluding carboxylic acids is 1. The van der Waals surface area contributed by atoms with Gasteiger partial charge in [0.05, 0.1) is 6.04 Å². The van der Waals surface area contributed by atoms with Crippen molar-refractivity contribution in [1.82, 2.24) is 10.2 Å². The van der Waals surface area contributed by atoms with Crippen LogP contribution in [0.3, 0.4) is 0 Å². The predicted molar refractivity (Wildman–Crippen MR) is 83.0 cm³/mol. The summed E-state index contributed by atoms with van der Waals surface area (Å²) in [4.78, 5) is 14.4. The van der Waals surface area contributed by atoms with Crippen LogP contribution in [0.15, 0.2) is 24.3 Å². The Labute approximate surface area is 126 Å². The van der Waals surface area contributed by atoms with Crippen molar-refractivity contribution < 1.29 is 4.79 Å². The second-order valence-electron chi connectivity index (χ2n) is 5.71. The Morgan fingerprint density at radius 2 is 1.95 bits per heavy atom. The minimum Gasteiger partial charge on any atom is -0.336 e. The molecule has 3 nitrogen and oxygen atoms in total. The molecule has 0 saturated carbocycles. The molecule has 1 aliphatic rings. The van der Waals surface area contributed by atoms with Gasteiger partial charge >= 0.3 is 6.03 Å². The first-order valence-electron chi connectivity index (χ1n) is 7.40. The minimum absolute atomic E-state index is 0.0434. The Kier molecular flexibility index (Phi) is 5.30. The van der Waals surface area contributed by atoms with Crippen LogP contribution in [0.4, 0.5) is 4.79 Å². The fourth-order valence-corrected chi connectivity index (χ4v) is 2.84. The molecule has 1 atom stereocenters. The third-order valence-corrected chi connectivity index (χ3v) is 3.93. The summed E-state index contributed by atoms with van der Waals surface area (Å²) in [5.74, 6) is 0. The minimum atomic E-state index is 0.0434. The molecule has 1 aromatic rings. The second kappa shape index (κ2) is 6.98. The van der Waals surface area contributed by atoms with E-state index in [0.717, 1.165) is 24.4 Å². The number of likely N-dealkylation sites (tertiary alicyclic amines) is 1. The van der Waals surface area contributed by atoms with E-state index in [-0.39, 0.29) is 18.1 Å². The quantitative estimate of drug-likeness (QED) is 0.863. The van der Waals surface area contributed by atoms with Crippen molar-refractivity contribution in [2.24, 2.45) is 0 Å². The Hall–Kier alpha value is -1.22. The van der Waals surface area contributed by atoms with Gasteiger partial charge in [-0.1, -0.05) is 36.6 Å². The molecule has 20 heavy (non-hydrogen) atoms. The van der Waals surface area contributed by atoms with Crippen LogP contribution in [0.25, 0.3) is 0 Å². The van der Waals surface area contributed by atoms with E-state index >= 15 is 0 Å². The van der Waals surface area contributed by atoms with E-state index < -0.39 is 0 Å². The molecule has 0 aliphatic carbocycles. The van der Waals surface area contributed by atoms with Gasteiger partial charge in [-0.3, -0.25) is 0 Å². The maximum atomic E-state index is 12.4. The molecular weight excluding hydrogens is 272 g/mol. The molecule has 1 aliphatic heterocycles. The smallest absolute Gasteiger partial charge is 0.318 e. The number of nitrogens with zero attached hydrogens (tertiary/aromatic N) is 1. The Morgan fingerprint density at radius 3 is 2.60 bits per heavy atom. The molecule has 1 N–H and O–H groups in total. The van der Waals surface area contributed by atoms with Gasteiger partial charge in [0, 0.05) is 17.6 Å². The van der Waals surface area contributed by atoms with Gasteiger partial charge in [0.1, 0.15) is 0 Å². The molecule has 4 heteroatoms. The molecule has 1 heterocycles. The lowest BCUT2D eigenvalue weighted by molar-refractivity contribution is 0.173. The molecule has 1 saturated heterocycles. The van der Waals surface area contributed by atoms with Crippen LogP contribution in [0, 0.1) is 0 Å². The highest BCUT2D eigenvalue weighted by atomic mass is 35.5. The van der Waals surface area contributed by atoms with Crippen LogP contribution >= 0.6 is 11.6 Å². The monoisotopic (exact) mass is 294 g/mol. The molecule has 2 amide bonds. The van der Waals surface area contributed by atoms with E-state index in [1.54, 1.807) is 0 Å². The largest absolute Gasteiger partial charge is 0.336 e. The van der Waals surface area contributed by atoms with Crippen molar-refractivity contribution >= 4 is 17.6 Å². The predicted octanol–water partition coefficient (Wildman–Crippen LogP) is 4.38. The van der Waals surface area contributed by atoms with Crippen molar-refractivity contribution in [3.8, 4) is 0 Å². The van der Waals surface area contributed by atoms with Gasteiger partial charge in [-0.25, -0.2) is 4.79 Å². The lowest BCUT2D eigenvalue weighted by Crippen LogP contribution is -2.44. The van der Waals surface area contributed by atoms with E-state index in [1.165, 1.54) is 18.4 Å². The highest BCUT2D eigenvalue weighted by Gasteiger charge is 2.26. The number of benzene rings is 1. The van der Waals surface area contributed by atoms with Gasteiger partial charge in [-0.15, -0.1) is 0 Å². The van der Waals surface area contributed by atoms with Crippen molar-refractivity contribution in [3.05, 3.63) is 34.9 Å². The zero-order valence-electron chi connectivity index (χ0n) is 12.2. The van der Waals surface area contributed by atoms with Gasteiger partial charge in [0.15, 0.2) is 0 Å². The van der Waals surface area contributed by atoms with Gasteiger partial charge in [0.2, 0.25) is 0 Å². The average molecular weight is 295 g/mol. The number of nitrogens with one attached hydrogen (secondary N) is 1. The average Bonchev–Trinajstić information content (AvgIpc) is 2.64. The number of urea groups is 1. The first kappa shape index (κ1) is 15.2. The van der Waals surface area contributed by atoms with Crippen molar-refractivity contribution in [3.63, 3.8) is 0 Å². The fourth-order valence-electron chi connectivity index (χ4n) is 2.71. The van der Waals surface area contributed by atoms with Gasteiger partial charge in [-0.05, 0) is 44.4 Å². The molecular formula is C16H23ClN2O. The van der Waals surface area contributed by atoms with Crippen LogP contribution in [-0.4, -0.2) is 23.5 Å².